The molecule has 1 unspecified atom stereocenters. The molecule has 0 aliphatic carbocycles. The number of carboxylic acid groups (broad SMARTS) is 1. The molecule has 4 nitrogen and oxygen atoms in total. The van der Waals surface area contributed by atoms with Crippen molar-refractivity contribution in [2.75, 3.05) is 0 Å². The lowest BCUT2D eigenvalue weighted by Crippen LogP contribution is -2.43. The Morgan fingerprint density at radius 2 is 1.83 bits per heavy atom. The van der Waals surface area contributed by atoms with Gasteiger partial charge < -0.3 is 10.4 Å². The highest BCUT2D eigenvalue weighted by atomic mass is 79.9. The van der Waals surface area contributed by atoms with Gasteiger partial charge >= 0.3 is 5.97 Å². The van der Waals surface area contributed by atoms with Crippen molar-refractivity contribution < 1.29 is 19.1 Å². The van der Waals surface area contributed by atoms with Crippen LogP contribution in [0.25, 0.3) is 0 Å². The lowest BCUT2D eigenvalue weighted by atomic mass is 10.1. The Hall–Kier alpha value is -2.21. The first-order valence-corrected chi connectivity index (χ1v) is 7.74. The van der Waals surface area contributed by atoms with Gasteiger partial charge in [-0.3, -0.25) is 4.79 Å². The van der Waals surface area contributed by atoms with Gasteiger partial charge in [-0.1, -0.05) is 40.2 Å². The van der Waals surface area contributed by atoms with E-state index in [1.807, 2.05) is 12.1 Å². The van der Waals surface area contributed by atoms with Crippen molar-refractivity contribution >= 4 is 27.8 Å². The quantitative estimate of drug-likeness (QED) is 0.810. The van der Waals surface area contributed by atoms with Crippen molar-refractivity contribution in [2.45, 2.75) is 18.9 Å². The second-order valence-electron chi connectivity index (χ2n) is 5.10. The topological polar surface area (TPSA) is 66.4 Å². The number of hydrogen-bond acceptors (Lipinski definition) is 2. The van der Waals surface area contributed by atoms with Crippen molar-refractivity contribution in [1.29, 1.82) is 0 Å². The van der Waals surface area contributed by atoms with Crippen LogP contribution in [0.1, 0.15) is 11.1 Å². The second kappa shape index (κ2) is 7.87. The zero-order valence-corrected chi connectivity index (χ0v) is 13.7. The van der Waals surface area contributed by atoms with E-state index in [-0.39, 0.29) is 18.7 Å². The fourth-order valence-corrected chi connectivity index (χ4v) is 2.58. The third-order valence-electron chi connectivity index (χ3n) is 3.24. The Morgan fingerprint density at radius 1 is 1.13 bits per heavy atom. The van der Waals surface area contributed by atoms with E-state index in [1.165, 1.54) is 24.3 Å². The molecule has 120 valence electrons. The molecule has 2 aromatic rings. The summed E-state index contributed by atoms with van der Waals surface area (Å²) in [5.41, 5.74) is 1.42. The normalized spacial score (nSPS) is 11.7. The third-order valence-corrected chi connectivity index (χ3v) is 3.73. The van der Waals surface area contributed by atoms with Crippen molar-refractivity contribution in [3.05, 3.63) is 69.9 Å². The first-order valence-electron chi connectivity index (χ1n) is 6.95. The van der Waals surface area contributed by atoms with Gasteiger partial charge in [0.1, 0.15) is 11.9 Å². The number of carbonyl (C=O) groups excluding carboxylic acids is 1. The van der Waals surface area contributed by atoms with Crippen molar-refractivity contribution in [2.24, 2.45) is 0 Å². The fraction of sp³-hybridized carbons (Fsp3) is 0.176. The highest BCUT2D eigenvalue weighted by Gasteiger charge is 2.20. The number of hydrogen-bond donors (Lipinski definition) is 2. The van der Waals surface area contributed by atoms with Gasteiger partial charge in [0.05, 0.1) is 6.42 Å². The summed E-state index contributed by atoms with van der Waals surface area (Å²) in [4.78, 5) is 23.3. The van der Waals surface area contributed by atoms with E-state index in [0.29, 0.717) is 5.56 Å². The van der Waals surface area contributed by atoms with Crippen LogP contribution in [0.15, 0.2) is 53.0 Å². The molecule has 0 fully saturated rings. The maximum atomic E-state index is 12.8. The summed E-state index contributed by atoms with van der Waals surface area (Å²) in [5, 5.41) is 11.8. The van der Waals surface area contributed by atoms with E-state index in [4.69, 9.17) is 0 Å². The van der Waals surface area contributed by atoms with Crippen molar-refractivity contribution in [1.82, 2.24) is 5.32 Å². The summed E-state index contributed by atoms with van der Waals surface area (Å²) in [7, 11) is 0. The predicted octanol–water partition coefficient (Wildman–Crippen LogP) is 2.94. The second-order valence-corrected chi connectivity index (χ2v) is 6.01. The molecule has 2 aromatic carbocycles. The summed E-state index contributed by atoms with van der Waals surface area (Å²) >= 11 is 3.32. The van der Waals surface area contributed by atoms with Gasteiger partial charge in [0, 0.05) is 10.9 Å². The zero-order valence-electron chi connectivity index (χ0n) is 12.1. The van der Waals surface area contributed by atoms with E-state index >= 15 is 0 Å². The van der Waals surface area contributed by atoms with Gasteiger partial charge in [-0.15, -0.1) is 0 Å². The SMILES string of the molecule is O=C(Cc1ccc(F)cc1)NC(Cc1cccc(Br)c1)C(=O)O. The van der Waals surface area contributed by atoms with Crippen LogP contribution in [0.2, 0.25) is 0 Å². The van der Waals surface area contributed by atoms with Gasteiger partial charge in [-0.05, 0) is 35.4 Å². The Balaban J connectivity index is 1.99. The Labute approximate surface area is 141 Å². The molecule has 6 heteroatoms. The first kappa shape index (κ1) is 17.1. The average molecular weight is 380 g/mol. The third kappa shape index (κ3) is 5.49. The largest absolute Gasteiger partial charge is 0.480 e. The number of carbonyl (C=O) groups is 2. The molecule has 2 rings (SSSR count). The van der Waals surface area contributed by atoms with E-state index in [0.717, 1.165) is 10.0 Å². The summed E-state index contributed by atoms with van der Waals surface area (Å²) in [6.45, 7) is 0. The number of aliphatic carboxylic acids is 1. The van der Waals surface area contributed by atoms with Crippen LogP contribution in [0.3, 0.4) is 0 Å². The zero-order chi connectivity index (χ0) is 16.8. The smallest absolute Gasteiger partial charge is 0.326 e. The number of nitrogens with one attached hydrogen (secondary N) is 1. The molecule has 0 saturated carbocycles. The maximum Gasteiger partial charge on any atom is 0.326 e. The van der Waals surface area contributed by atoms with Gasteiger partial charge in [0.15, 0.2) is 0 Å². The van der Waals surface area contributed by atoms with Crippen molar-refractivity contribution in [3.63, 3.8) is 0 Å². The number of amides is 1. The minimum Gasteiger partial charge on any atom is -0.480 e. The lowest BCUT2D eigenvalue weighted by Gasteiger charge is -2.15. The minimum atomic E-state index is -1.10. The van der Waals surface area contributed by atoms with Crippen LogP contribution in [-0.4, -0.2) is 23.0 Å². The van der Waals surface area contributed by atoms with Crippen LogP contribution in [0.4, 0.5) is 4.39 Å². The Bertz CT molecular complexity index is 703. The average Bonchev–Trinajstić information content (AvgIpc) is 2.49. The van der Waals surface area contributed by atoms with Crippen LogP contribution in [-0.2, 0) is 22.4 Å². The number of halogens is 2. The molecular formula is C17H15BrFNO3. The van der Waals surface area contributed by atoms with Gasteiger partial charge in [-0.2, -0.15) is 0 Å². The predicted molar refractivity (Wildman–Crippen MR) is 87.5 cm³/mol. The molecule has 0 heterocycles. The van der Waals surface area contributed by atoms with E-state index in [2.05, 4.69) is 21.2 Å². The Kier molecular flexibility index (Phi) is 5.87. The van der Waals surface area contributed by atoms with E-state index in [9.17, 15) is 19.1 Å². The number of rotatable bonds is 6. The fourth-order valence-electron chi connectivity index (χ4n) is 2.13. The standard InChI is InChI=1S/C17H15BrFNO3/c18-13-3-1-2-12(8-13)9-15(17(22)23)20-16(21)10-11-4-6-14(19)7-5-11/h1-8,15H,9-10H2,(H,20,21)(H,22,23). The molecule has 0 spiro atoms. The van der Waals surface area contributed by atoms with Crippen molar-refractivity contribution in [3.8, 4) is 0 Å². The summed E-state index contributed by atoms with van der Waals surface area (Å²) < 4.78 is 13.7. The van der Waals surface area contributed by atoms with Crippen LogP contribution < -0.4 is 5.32 Å². The molecule has 1 amide bonds. The van der Waals surface area contributed by atoms with Crippen LogP contribution in [0.5, 0.6) is 0 Å². The monoisotopic (exact) mass is 379 g/mol. The highest BCUT2D eigenvalue weighted by Crippen LogP contribution is 2.13. The Morgan fingerprint density at radius 3 is 2.43 bits per heavy atom. The molecule has 0 aliphatic heterocycles. The molecule has 1 atom stereocenters. The molecular weight excluding hydrogens is 365 g/mol. The summed E-state index contributed by atoms with van der Waals surface area (Å²) in [6, 6.07) is 11.8. The number of carboxylic acids is 1. The molecule has 0 saturated heterocycles. The molecule has 2 N–H and O–H groups in total. The molecule has 0 aromatic heterocycles. The number of benzene rings is 2. The van der Waals surface area contributed by atoms with Crippen LogP contribution in [0, 0.1) is 5.82 Å². The molecule has 0 bridgehead atoms. The molecule has 0 aliphatic rings. The molecule has 23 heavy (non-hydrogen) atoms. The maximum absolute atomic E-state index is 12.8. The van der Waals surface area contributed by atoms with Crippen LogP contribution >= 0.6 is 15.9 Å². The minimum absolute atomic E-state index is 0.00252. The van der Waals surface area contributed by atoms with E-state index < -0.39 is 17.9 Å². The molecule has 0 radical (unpaired) electrons. The summed E-state index contributed by atoms with van der Waals surface area (Å²) in [5.74, 6) is -1.90. The first-order chi connectivity index (χ1) is 10.9. The van der Waals surface area contributed by atoms with E-state index in [1.54, 1.807) is 12.1 Å². The highest BCUT2D eigenvalue weighted by molar-refractivity contribution is 9.10. The van der Waals surface area contributed by atoms with Gasteiger partial charge in [0.25, 0.3) is 0 Å². The lowest BCUT2D eigenvalue weighted by molar-refractivity contribution is -0.141. The van der Waals surface area contributed by atoms with Gasteiger partial charge in [0.2, 0.25) is 5.91 Å². The summed E-state index contributed by atoms with van der Waals surface area (Å²) in [6.07, 6.45) is 0.187. The van der Waals surface area contributed by atoms with Gasteiger partial charge in [-0.25, -0.2) is 9.18 Å².